The fraction of sp³-hybridized carbons (Fsp3) is 0.0667. The number of carbonyl (C=O) groups excluding carboxylic acids is 1. The van der Waals surface area contributed by atoms with Crippen molar-refractivity contribution in [2.75, 3.05) is 11.1 Å². The van der Waals surface area contributed by atoms with Crippen molar-refractivity contribution in [1.29, 1.82) is 0 Å². The van der Waals surface area contributed by atoms with Crippen LogP contribution in [0.4, 0.5) is 10.1 Å². The van der Waals surface area contributed by atoms with Crippen molar-refractivity contribution < 1.29 is 9.18 Å². The van der Waals surface area contributed by atoms with Crippen molar-refractivity contribution in [1.82, 2.24) is 20.2 Å². The second-order valence-electron chi connectivity index (χ2n) is 4.81. The molecule has 0 atom stereocenters. The van der Waals surface area contributed by atoms with Crippen LogP contribution in [0.3, 0.4) is 0 Å². The highest BCUT2D eigenvalue weighted by Gasteiger charge is 2.13. The van der Waals surface area contributed by atoms with Gasteiger partial charge in [-0.3, -0.25) is 4.79 Å². The minimum absolute atomic E-state index is 0.0599. The van der Waals surface area contributed by atoms with Crippen LogP contribution >= 0.6 is 35.0 Å². The molecule has 128 valence electrons. The topological polar surface area (TPSA) is 72.7 Å². The third-order valence-corrected chi connectivity index (χ3v) is 4.53. The van der Waals surface area contributed by atoms with Crippen molar-refractivity contribution in [2.24, 2.45) is 0 Å². The van der Waals surface area contributed by atoms with Gasteiger partial charge < -0.3 is 5.32 Å². The molecule has 1 N–H and O–H groups in total. The van der Waals surface area contributed by atoms with Gasteiger partial charge in [0.25, 0.3) is 0 Å². The van der Waals surface area contributed by atoms with Gasteiger partial charge in [0, 0.05) is 5.02 Å². The maximum atomic E-state index is 13.0. The van der Waals surface area contributed by atoms with Gasteiger partial charge in [0.2, 0.25) is 11.1 Å². The lowest BCUT2D eigenvalue weighted by atomic mass is 10.3. The standard InChI is InChI=1S/C15H10Cl2FN5OS/c16-9-1-6-12(17)13(7-9)19-14(24)8-25-15-20-21-22-23(15)11-4-2-10(18)3-5-11/h1-7H,8H2,(H,19,24). The van der Waals surface area contributed by atoms with E-state index in [0.29, 0.717) is 26.6 Å². The predicted molar refractivity (Wildman–Crippen MR) is 94.9 cm³/mol. The Kier molecular flexibility index (Phi) is 5.52. The summed E-state index contributed by atoms with van der Waals surface area (Å²) in [6, 6.07) is 10.5. The Labute approximate surface area is 156 Å². The summed E-state index contributed by atoms with van der Waals surface area (Å²) in [5.74, 6) is -0.587. The summed E-state index contributed by atoms with van der Waals surface area (Å²) < 4.78 is 14.4. The molecule has 0 spiro atoms. The van der Waals surface area contributed by atoms with Gasteiger partial charge in [-0.05, 0) is 52.9 Å². The van der Waals surface area contributed by atoms with E-state index < -0.39 is 0 Å². The molecule has 0 aliphatic heterocycles. The Morgan fingerprint density at radius 1 is 1.20 bits per heavy atom. The van der Waals surface area contributed by atoms with Crippen LogP contribution in [-0.2, 0) is 4.79 Å². The molecule has 0 saturated carbocycles. The quantitative estimate of drug-likeness (QED) is 0.662. The molecule has 3 aromatic rings. The summed E-state index contributed by atoms with van der Waals surface area (Å²) in [7, 11) is 0. The predicted octanol–water partition coefficient (Wildman–Crippen LogP) is 3.84. The van der Waals surface area contributed by atoms with Gasteiger partial charge in [0.15, 0.2) is 0 Å². The number of hydrogen-bond donors (Lipinski definition) is 1. The number of carbonyl (C=O) groups is 1. The number of benzene rings is 2. The lowest BCUT2D eigenvalue weighted by molar-refractivity contribution is -0.113. The molecule has 1 amide bonds. The summed E-state index contributed by atoms with van der Waals surface area (Å²) >= 11 is 13.0. The third kappa shape index (κ3) is 4.47. The number of hydrogen-bond acceptors (Lipinski definition) is 5. The molecule has 0 bridgehead atoms. The van der Waals surface area contributed by atoms with E-state index >= 15 is 0 Å². The van der Waals surface area contributed by atoms with Gasteiger partial charge in [0.05, 0.1) is 22.2 Å². The number of aromatic nitrogens is 4. The van der Waals surface area contributed by atoms with Crippen molar-refractivity contribution in [3.63, 3.8) is 0 Å². The molecule has 0 fully saturated rings. The van der Waals surface area contributed by atoms with Gasteiger partial charge in [-0.25, -0.2) is 4.39 Å². The Morgan fingerprint density at radius 2 is 1.96 bits per heavy atom. The van der Waals surface area contributed by atoms with Gasteiger partial charge in [0.1, 0.15) is 5.82 Å². The largest absolute Gasteiger partial charge is 0.324 e. The Hall–Kier alpha value is -2.16. The van der Waals surface area contributed by atoms with Crippen LogP contribution in [0.2, 0.25) is 10.0 Å². The summed E-state index contributed by atoms with van der Waals surface area (Å²) in [6.45, 7) is 0. The Morgan fingerprint density at radius 3 is 2.72 bits per heavy atom. The number of tetrazole rings is 1. The minimum atomic E-state index is -0.358. The first-order valence-electron chi connectivity index (χ1n) is 6.95. The molecule has 0 radical (unpaired) electrons. The number of rotatable bonds is 5. The number of nitrogens with one attached hydrogen (secondary N) is 1. The van der Waals surface area contributed by atoms with E-state index in [1.54, 1.807) is 30.3 Å². The molecule has 10 heteroatoms. The highest BCUT2D eigenvalue weighted by molar-refractivity contribution is 7.99. The molecular weight excluding hydrogens is 388 g/mol. The van der Waals surface area contributed by atoms with Crippen molar-refractivity contribution in [3.8, 4) is 5.69 Å². The molecule has 0 unspecified atom stereocenters. The lowest BCUT2D eigenvalue weighted by Gasteiger charge is -2.07. The summed E-state index contributed by atoms with van der Waals surface area (Å²) in [4.78, 5) is 12.1. The average Bonchev–Trinajstić information content (AvgIpc) is 3.05. The molecule has 0 aliphatic rings. The zero-order valence-electron chi connectivity index (χ0n) is 12.5. The maximum absolute atomic E-state index is 13.0. The fourth-order valence-electron chi connectivity index (χ4n) is 1.92. The zero-order valence-corrected chi connectivity index (χ0v) is 14.8. The number of amides is 1. The molecule has 6 nitrogen and oxygen atoms in total. The molecule has 1 heterocycles. The van der Waals surface area contributed by atoms with E-state index in [4.69, 9.17) is 23.2 Å². The van der Waals surface area contributed by atoms with E-state index in [1.807, 2.05) is 0 Å². The normalized spacial score (nSPS) is 10.7. The summed E-state index contributed by atoms with van der Waals surface area (Å²) in [6.07, 6.45) is 0. The monoisotopic (exact) mass is 397 g/mol. The number of thioether (sulfide) groups is 1. The summed E-state index contributed by atoms with van der Waals surface area (Å²) in [5, 5.41) is 15.2. The van der Waals surface area contributed by atoms with Crippen molar-refractivity contribution in [2.45, 2.75) is 5.16 Å². The highest BCUT2D eigenvalue weighted by atomic mass is 35.5. The Bertz CT molecular complexity index is 903. The van der Waals surface area contributed by atoms with E-state index in [9.17, 15) is 9.18 Å². The van der Waals surface area contributed by atoms with E-state index in [-0.39, 0.29) is 17.5 Å². The first-order chi connectivity index (χ1) is 12.0. The molecule has 2 aromatic carbocycles. The molecule has 3 rings (SSSR count). The van der Waals surface area contributed by atoms with Gasteiger partial charge in [-0.2, -0.15) is 4.68 Å². The Balaban J connectivity index is 1.66. The third-order valence-electron chi connectivity index (χ3n) is 3.05. The SMILES string of the molecule is O=C(CSc1nnnn1-c1ccc(F)cc1)Nc1cc(Cl)ccc1Cl. The summed E-state index contributed by atoms with van der Waals surface area (Å²) in [5.41, 5.74) is 1.02. The number of halogens is 3. The molecule has 25 heavy (non-hydrogen) atoms. The first kappa shape index (κ1) is 17.7. The molecule has 0 aliphatic carbocycles. The van der Waals surface area contributed by atoms with Crippen LogP contribution in [0.25, 0.3) is 5.69 Å². The van der Waals surface area contributed by atoms with Gasteiger partial charge in [-0.15, -0.1) is 5.10 Å². The minimum Gasteiger partial charge on any atom is -0.324 e. The van der Waals surface area contributed by atoms with Gasteiger partial charge in [-0.1, -0.05) is 35.0 Å². The van der Waals surface area contributed by atoms with Crippen LogP contribution < -0.4 is 5.32 Å². The fourth-order valence-corrected chi connectivity index (χ4v) is 2.95. The van der Waals surface area contributed by atoms with E-state index in [2.05, 4.69) is 20.8 Å². The smallest absolute Gasteiger partial charge is 0.234 e. The molecule has 1 aromatic heterocycles. The van der Waals surface area contributed by atoms with Gasteiger partial charge >= 0.3 is 0 Å². The van der Waals surface area contributed by atoms with Crippen molar-refractivity contribution in [3.05, 3.63) is 58.3 Å². The maximum Gasteiger partial charge on any atom is 0.234 e. The van der Waals surface area contributed by atoms with Crippen LogP contribution in [0.15, 0.2) is 47.6 Å². The van der Waals surface area contributed by atoms with E-state index in [1.165, 1.54) is 16.8 Å². The lowest BCUT2D eigenvalue weighted by Crippen LogP contribution is -2.15. The van der Waals surface area contributed by atoms with E-state index in [0.717, 1.165) is 11.8 Å². The molecular formula is C15H10Cl2FN5OS. The second kappa shape index (κ2) is 7.81. The first-order valence-corrected chi connectivity index (χ1v) is 8.69. The number of nitrogens with zero attached hydrogens (tertiary/aromatic N) is 4. The van der Waals surface area contributed by atoms with Crippen LogP contribution in [0.5, 0.6) is 0 Å². The zero-order chi connectivity index (χ0) is 17.8. The van der Waals surface area contributed by atoms with Crippen LogP contribution in [0, 0.1) is 5.82 Å². The van der Waals surface area contributed by atoms with Crippen LogP contribution in [0.1, 0.15) is 0 Å². The average molecular weight is 398 g/mol. The molecule has 0 saturated heterocycles. The highest BCUT2D eigenvalue weighted by Crippen LogP contribution is 2.26. The number of anilines is 1. The second-order valence-corrected chi connectivity index (χ2v) is 6.60. The van der Waals surface area contributed by atoms with Crippen LogP contribution in [-0.4, -0.2) is 31.9 Å². The van der Waals surface area contributed by atoms with Crippen molar-refractivity contribution >= 4 is 46.6 Å².